The maximum atomic E-state index is 5.65. The van der Waals surface area contributed by atoms with Gasteiger partial charge in [-0.25, -0.2) is 4.98 Å². The highest BCUT2D eigenvalue weighted by Gasteiger charge is 2.53. The quantitative estimate of drug-likeness (QED) is 0.168. The molecule has 2 nitrogen and oxygen atoms in total. The molecule has 2 heteroatoms. The molecule has 0 bridgehead atoms. The van der Waals surface area contributed by atoms with Crippen LogP contribution in [0.3, 0.4) is 0 Å². The van der Waals surface area contributed by atoms with Crippen molar-refractivity contribution in [2.75, 3.05) is 0 Å². The van der Waals surface area contributed by atoms with Crippen molar-refractivity contribution >= 4 is 32.6 Å². The maximum Gasteiger partial charge on any atom is 0.0972 e. The molecular formula is C53H30N2. The monoisotopic (exact) mass is 694 g/mol. The van der Waals surface area contributed by atoms with Crippen LogP contribution in [0.4, 0.5) is 0 Å². The number of fused-ring (bicyclic) bond motifs is 16. The fraction of sp³-hybridized carbons (Fsp3) is 0.0189. The van der Waals surface area contributed by atoms with Crippen LogP contribution in [0.2, 0.25) is 0 Å². The summed E-state index contributed by atoms with van der Waals surface area (Å²) in [4.78, 5) is 10.5. The van der Waals surface area contributed by atoms with E-state index in [2.05, 4.69) is 170 Å². The van der Waals surface area contributed by atoms with Crippen LogP contribution in [0, 0.1) is 0 Å². The first-order valence-electron chi connectivity index (χ1n) is 19.1. The van der Waals surface area contributed by atoms with E-state index in [1.54, 1.807) is 0 Å². The molecule has 3 aliphatic rings. The topological polar surface area (TPSA) is 25.8 Å². The van der Waals surface area contributed by atoms with Gasteiger partial charge in [0.15, 0.2) is 0 Å². The third-order valence-corrected chi connectivity index (χ3v) is 12.6. The lowest BCUT2D eigenvalue weighted by Crippen LogP contribution is -2.26. The molecule has 13 rings (SSSR count). The Morgan fingerprint density at radius 2 is 0.982 bits per heavy atom. The van der Waals surface area contributed by atoms with Crippen LogP contribution < -0.4 is 0 Å². The van der Waals surface area contributed by atoms with Gasteiger partial charge in [-0.05, 0) is 113 Å². The van der Waals surface area contributed by atoms with Crippen molar-refractivity contribution < 1.29 is 0 Å². The van der Waals surface area contributed by atoms with E-state index < -0.39 is 5.41 Å². The van der Waals surface area contributed by atoms with Crippen LogP contribution in [-0.4, -0.2) is 9.97 Å². The number of pyridine rings is 2. The van der Waals surface area contributed by atoms with E-state index in [9.17, 15) is 0 Å². The van der Waals surface area contributed by atoms with Crippen molar-refractivity contribution in [3.63, 3.8) is 0 Å². The Balaban J connectivity index is 1.24. The lowest BCUT2D eigenvalue weighted by molar-refractivity contribution is 0.794. The average molecular weight is 695 g/mol. The van der Waals surface area contributed by atoms with Gasteiger partial charge in [0.2, 0.25) is 0 Å². The van der Waals surface area contributed by atoms with Gasteiger partial charge in [0, 0.05) is 28.1 Å². The van der Waals surface area contributed by atoms with Crippen LogP contribution in [0.1, 0.15) is 22.3 Å². The number of rotatable bonds is 2. The summed E-state index contributed by atoms with van der Waals surface area (Å²) in [5.74, 6) is 0. The Morgan fingerprint density at radius 3 is 1.76 bits per heavy atom. The summed E-state index contributed by atoms with van der Waals surface area (Å²) in [6, 6.07) is 65.2. The lowest BCUT2D eigenvalue weighted by atomic mass is 9.70. The fourth-order valence-corrected chi connectivity index (χ4v) is 10.5. The molecule has 0 saturated carbocycles. The highest BCUT2D eigenvalue weighted by Crippen LogP contribution is 2.67. The smallest absolute Gasteiger partial charge is 0.0972 e. The summed E-state index contributed by atoms with van der Waals surface area (Å²) >= 11 is 0. The summed E-state index contributed by atoms with van der Waals surface area (Å²) in [5.41, 5.74) is 21.5. The van der Waals surface area contributed by atoms with Crippen molar-refractivity contribution in [3.05, 3.63) is 204 Å². The summed E-state index contributed by atoms with van der Waals surface area (Å²) in [5, 5.41) is 4.75. The first-order chi connectivity index (χ1) is 27.3. The van der Waals surface area contributed by atoms with Gasteiger partial charge in [-0.1, -0.05) is 146 Å². The number of hydrogen-bond donors (Lipinski definition) is 0. The molecule has 55 heavy (non-hydrogen) atoms. The molecule has 0 amide bonds. The molecule has 0 unspecified atom stereocenters. The first kappa shape index (κ1) is 29.3. The van der Waals surface area contributed by atoms with Crippen molar-refractivity contribution in [2.24, 2.45) is 0 Å². The third-order valence-electron chi connectivity index (χ3n) is 12.6. The second-order valence-electron chi connectivity index (χ2n) is 15.2. The number of hydrogen-bond acceptors (Lipinski definition) is 2. The number of aromatic nitrogens is 2. The second-order valence-corrected chi connectivity index (χ2v) is 15.2. The van der Waals surface area contributed by atoms with Gasteiger partial charge < -0.3 is 0 Å². The minimum absolute atomic E-state index is 0.480. The molecule has 0 N–H and O–H groups in total. The van der Waals surface area contributed by atoms with Crippen LogP contribution in [0.25, 0.3) is 99.5 Å². The van der Waals surface area contributed by atoms with Gasteiger partial charge in [-0.15, -0.1) is 0 Å². The standard InChI is InChI=1S/C53H30N2/c1-2-12-31(13-3-1)35-28-34-14-10-19-38-40-30-45-49(39-18-6-9-22-44(39)53(45)42-20-7-4-16-36(42)37-17-5-8-21-43(37)53)50(48(40)41(29-35)47(34)38)46-26-25-33-24-23-32-15-11-27-54-51(32)52(33)55-46/h1-30H. The third kappa shape index (κ3) is 3.64. The zero-order valence-electron chi connectivity index (χ0n) is 29.7. The summed E-state index contributed by atoms with van der Waals surface area (Å²) in [7, 11) is 0. The predicted octanol–water partition coefficient (Wildman–Crippen LogP) is 13.3. The number of nitrogens with zero attached hydrogens (tertiary/aromatic N) is 2. The Morgan fingerprint density at radius 1 is 0.345 bits per heavy atom. The van der Waals surface area contributed by atoms with Crippen LogP contribution in [0.5, 0.6) is 0 Å². The first-order valence-corrected chi connectivity index (χ1v) is 19.1. The summed E-state index contributed by atoms with van der Waals surface area (Å²) in [6.45, 7) is 0. The molecule has 1 spiro atoms. The largest absolute Gasteiger partial charge is 0.254 e. The van der Waals surface area contributed by atoms with Crippen molar-refractivity contribution in [1.29, 1.82) is 0 Å². The summed E-state index contributed by atoms with van der Waals surface area (Å²) < 4.78 is 0. The molecule has 2 aromatic heterocycles. The minimum atomic E-state index is -0.480. The highest BCUT2D eigenvalue weighted by molar-refractivity contribution is 6.22. The van der Waals surface area contributed by atoms with E-state index in [-0.39, 0.29) is 0 Å². The predicted molar refractivity (Wildman–Crippen MR) is 226 cm³/mol. The van der Waals surface area contributed by atoms with Crippen LogP contribution in [-0.2, 0) is 5.41 Å². The van der Waals surface area contributed by atoms with Crippen molar-refractivity contribution in [2.45, 2.75) is 5.41 Å². The van der Waals surface area contributed by atoms with E-state index in [1.165, 1.54) is 94.2 Å². The van der Waals surface area contributed by atoms with E-state index in [0.29, 0.717) is 0 Å². The number of benzene rings is 8. The maximum absolute atomic E-state index is 5.65. The van der Waals surface area contributed by atoms with Crippen molar-refractivity contribution in [1.82, 2.24) is 9.97 Å². The fourth-order valence-electron chi connectivity index (χ4n) is 10.5. The molecular weight excluding hydrogens is 665 g/mol. The Bertz CT molecular complexity index is 3270. The zero-order valence-corrected chi connectivity index (χ0v) is 29.7. The van der Waals surface area contributed by atoms with E-state index in [1.807, 2.05) is 12.3 Å². The lowest BCUT2D eigenvalue weighted by Gasteiger charge is -2.31. The van der Waals surface area contributed by atoms with E-state index >= 15 is 0 Å². The highest BCUT2D eigenvalue weighted by atomic mass is 14.8. The zero-order chi connectivity index (χ0) is 35.8. The normalized spacial score (nSPS) is 13.6. The molecule has 2 heterocycles. The molecule has 0 atom stereocenters. The second kappa shape index (κ2) is 10.5. The molecule has 0 fully saturated rings. The Kier molecular flexibility index (Phi) is 5.59. The van der Waals surface area contributed by atoms with Gasteiger partial charge in [0.1, 0.15) is 0 Å². The van der Waals surface area contributed by atoms with Crippen LogP contribution in [0.15, 0.2) is 182 Å². The SMILES string of the molecule is c1ccc(-c2cc3c4c(cccc4c2)-c2cc4c(c(-c5ccc6ccc7cccnc7c6n5)c2-3)-c2ccccc2C42c3ccccc3-c3ccccc32)cc1. The van der Waals surface area contributed by atoms with Gasteiger partial charge in [0.05, 0.1) is 22.1 Å². The Hall–Kier alpha value is -7.16. The Labute approximate surface area is 318 Å². The summed E-state index contributed by atoms with van der Waals surface area (Å²) in [6.07, 6.45) is 1.88. The van der Waals surface area contributed by atoms with Gasteiger partial charge in [-0.3, -0.25) is 4.98 Å². The molecule has 8 aromatic carbocycles. The van der Waals surface area contributed by atoms with Gasteiger partial charge in [0.25, 0.3) is 0 Å². The molecule has 252 valence electrons. The molecule has 0 radical (unpaired) electrons. The molecule has 0 saturated heterocycles. The van der Waals surface area contributed by atoms with Crippen LogP contribution >= 0.6 is 0 Å². The van der Waals surface area contributed by atoms with E-state index in [0.717, 1.165) is 27.5 Å². The van der Waals surface area contributed by atoms with Gasteiger partial charge in [-0.2, -0.15) is 0 Å². The molecule has 3 aliphatic carbocycles. The molecule has 10 aromatic rings. The van der Waals surface area contributed by atoms with E-state index in [4.69, 9.17) is 9.97 Å². The average Bonchev–Trinajstić information content (AvgIpc) is 3.85. The molecule has 0 aliphatic heterocycles. The van der Waals surface area contributed by atoms with Gasteiger partial charge >= 0.3 is 0 Å². The minimum Gasteiger partial charge on any atom is -0.254 e. The van der Waals surface area contributed by atoms with Crippen molar-refractivity contribution in [3.8, 4) is 66.9 Å².